The van der Waals surface area contributed by atoms with Crippen LogP contribution in [0.4, 0.5) is 0 Å². The van der Waals surface area contributed by atoms with Gasteiger partial charge in [0.15, 0.2) is 5.97 Å². The Morgan fingerprint density at radius 2 is 1.88 bits per heavy atom. The molecule has 0 aliphatic heterocycles. The molecule has 0 heterocycles. The number of carboxylic acids is 1. The average molecular weight is 202 g/mol. The summed E-state index contributed by atoms with van der Waals surface area (Å²) in [4.78, 5) is 19.4. The van der Waals surface area contributed by atoms with E-state index in [1.807, 2.05) is 0 Å². The van der Waals surface area contributed by atoms with Crippen LogP contribution in [0.25, 0.3) is 0 Å². The molecule has 8 heavy (non-hydrogen) atoms. The summed E-state index contributed by atoms with van der Waals surface area (Å²) in [5.74, 6) is -1.62. The number of carbonyl (C=O) groups excluding carboxylic acids is 1. The first-order valence-corrected chi connectivity index (χ1v) is 1.71. The molecule has 3 nitrogen and oxygen atoms in total. The van der Waals surface area contributed by atoms with Crippen molar-refractivity contribution in [3.63, 3.8) is 0 Å². The van der Waals surface area contributed by atoms with E-state index in [1.54, 1.807) is 0 Å². The Bertz CT molecular complexity index is 87.5. The van der Waals surface area contributed by atoms with Crippen LogP contribution in [-0.4, -0.2) is 16.9 Å². The predicted molar refractivity (Wildman–Crippen MR) is 22.6 cm³/mol. The molecule has 0 fully saturated rings. The van der Waals surface area contributed by atoms with E-state index < -0.39 is 11.8 Å². The summed E-state index contributed by atoms with van der Waals surface area (Å²) in [6, 6.07) is 0. The van der Waals surface area contributed by atoms with Crippen molar-refractivity contribution in [1.82, 2.24) is 0 Å². The quantitative estimate of drug-likeness (QED) is 0.385. The number of carboxylic acid groups (broad SMARTS) is 1. The summed E-state index contributed by atoms with van der Waals surface area (Å²) in [6.45, 7) is 1.19. The van der Waals surface area contributed by atoms with Crippen LogP contribution < -0.4 is 0 Å². The number of hydrogen-bond acceptors (Lipinski definition) is 2. The Kier molecular flexibility index (Phi) is 6.33. The second-order valence-corrected chi connectivity index (χ2v) is 1.09. The minimum Gasteiger partial charge on any atom is -0.503 e. The van der Waals surface area contributed by atoms with Crippen molar-refractivity contribution in [2.24, 2.45) is 0 Å². The molecular weight excluding hydrogens is 197 g/mol. The van der Waals surface area contributed by atoms with Gasteiger partial charge in [-0.15, -0.1) is 0 Å². The molecule has 0 saturated carbocycles. The second kappa shape index (κ2) is 4.78. The number of rotatable bonds is 2. The number of ketones is 1. The molecular formula is C4H5O3Ru. The van der Waals surface area contributed by atoms with Crippen LogP contribution in [0.5, 0.6) is 0 Å². The number of hydrogen-bond donors (Lipinski definition) is 1. The van der Waals surface area contributed by atoms with Crippen molar-refractivity contribution in [2.75, 3.05) is 0 Å². The SMILES string of the molecule is CC(=O)[CH-]C(=O)O.[Ru+]. The average Bonchev–Trinajstić information content (AvgIpc) is 1.27. The maximum atomic E-state index is 9.82. The van der Waals surface area contributed by atoms with Crippen LogP contribution >= 0.6 is 0 Å². The van der Waals surface area contributed by atoms with Crippen molar-refractivity contribution < 1.29 is 34.2 Å². The molecule has 0 amide bonds. The van der Waals surface area contributed by atoms with E-state index in [0.29, 0.717) is 6.42 Å². The Labute approximate surface area is 59.8 Å². The summed E-state index contributed by atoms with van der Waals surface area (Å²) in [6.07, 6.45) is 0.611. The molecule has 0 atom stereocenters. The van der Waals surface area contributed by atoms with Gasteiger partial charge in [-0.1, -0.05) is 0 Å². The Balaban J connectivity index is 0. The fourth-order valence-electron chi connectivity index (χ4n) is 0.174. The topological polar surface area (TPSA) is 54.4 Å². The summed E-state index contributed by atoms with van der Waals surface area (Å²) < 4.78 is 0. The standard InChI is InChI=1S/C4H5O3.Ru/c1-3(5)2-4(6)7;/h2H,1H3,(H,6,7);/q-1;+1. The minimum absolute atomic E-state index is 0. The Morgan fingerprint density at radius 1 is 1.50 bits per heavy atom. The van der Waals surface area contributed by atoms with Crippen molar-refractivity contribution in [3.8, 4) is 0 Å². The molecule has 0 aliphatic rings. The fraction of sp³-hybridized carbons (Fsp3) is 0.250. The zero-order valence-corrected chi connectivity index (χ0v) is 5.93. The van der Waals surface area contributed by atoms with Gasteiger partial charge in [0.2, 0.25) is 0 Å². The summed E-state index contributed by atoms with van der Waals surface area (Å²) in [7, 11) is 0. The molecule has 0 rings (SSSR count). The van der Waals surface area contributed by atoms with Crippen molar-refractivity contribution in [3.05, 3.63) is 6.42 Å². The molecule has 0 saturated heterocycles. The largest absolute Gasteiger partial charge is 1.00 e. The van der Waals surface area contributed by atoms with Gasteiger partial charge in [0.05, 0.1) is 0 Å². The number of carbonyl (C=O) groups is 2. The van der Waals surface area contributed by atoms with E-state index in [4.69, 9.17) is 5.11 Å². The van der Waals surface area contributed by atoms with Crippen molar-refractivity contribution in [1.29, 1.82) is 0 Å². The van der Waals surface area contributed by atoms with Crippen LogP contribution in [0.15, 0.2) is 0 Å². The van der Waals surface area contributed by atoms with Gasteiger partial charge < -0.3 is 9.90 Å². The maximum absolute atomic E-state index is 9.82. The van der Waals surface area contributed by atoms with Gasteiger partial charge in [-0.2, -0.15) is 0 Å². The first kappa shape index (κ1) is 10.6. The molecule has 0 aromatic heterocycles. The van der Waals surface area contributed by atoms with Gasteiger partial charge in [0, 0.05) is 5.78 Å². The fourth-order valence-corrected chi connectivity index (χ4v) is 0.174. The molecule has 0 aromatic rings. The third kappa shape index (κ3) is 9.16. The van der Waals surface area contributed by atoms with E-state index in [0.717, 1.165) is 0 Å². The van der Waals surface area contributed by atoms with E-state index >= 15 is 0 Å². The van der Waals surface area contributed by atoms with Gasteiger partial charge in [-0.05, 0) is 6.92 Å². The molecule has 1 radical (unpaired) electrons. The normalized spacial score (nSPS) is 6.62. The van der Waals surface area contributed by atoms with E-state index in [1.165, 1.54) is 6.92 Å². The molecule has 0 aromatic carbocycles. The Hall–Kier alpha value is -0.367. The monoisotopic (exact) mass is 203 g/mol. The van der Waals surface area contributed by atoms with Crippen LogP contribution in [0.2, 0.25) is 0 Å². The Morgan fingerprint density at radius 3 is 1.88 bits per heavy atom. The third-order valence-corrected chi connectivity index (χ3v) is 0.327. The first-order valence-electron chi connectivity index (χ1n) is 1.71. The summed E-state index contributed by atoms with van der Waals surface area (Å²) in [5.41, 5.74) is 0. The van der Waals surface area contributed by atoms with Gasteiger partial charge in [0.1, 0.15) is 0 Å². The summed E-state index contributed by atoms with van der Waals surface area (Å²) >= 11 is 0. The van der Waals surface area contributed by atoms with Gasteiger partial charge >= 0.3 is 19.5 Å². The van der Waals surface area contributed by atoms with Crippen molar-refractivity contribution >= 4 is 11.8 Å². The third-order valence-electron chi connectivity index (χ3n) is 0.327. The predicted octanol–water partition coefficient (Wildman–Crippen LogP) is -0.138. The van der Waals surface area contributed by atoms with Crippen LogP contribution in [0.1, 0.15) is 6.92 Å². The molecule has 1 N–H and O–H groups in total. The van der Waals surface area contributed by atoms with E-state index in [9.17, 15) is 9.59 Å². The molecule has 0 bridgehead atoms. The number of Topliss-reactive ketones (excluding diaryl/α,β-unsaturated/α-hetero) is 1. The van der Waals surface area contributed by atoms with Crippen molar-refractivity contribution in [2.45, 2.75) is 6.92 Å². The van der Waals surface area contributed by atoms with Gasteiger partial charge in [-0.3, -0.25) is 4.79 Å². The van der Waals surface area contributed by atoms with Gasteiger partial charge in [-0.25, -0.2) is 6.42 Å². The van der Waals surface area contributed by atoms with Gasteiger partial charge in [0.25, 0.3) is 0 Å². The second-order valence-electron chi connectivity index (χ2n) is 1.09. The number of aliphatic carboxylic acids is 1. The first-order chi connectivity index (χ1) is 3.13. The van der Waals surface area contributed by atoms with Crippen LogP contribution in [0, 0.1) is 6.42 Å². The molecule has 0 aliphatic carbocycles. The molecule has 0 unspecified atom stereocenters. The smallest absolute Gasteiger partial charge is 0.503 e. The van der Waals surface area contributed by atoms with Crippen LogP contribution in [-0.2, 0) is 29.1 Å². The zero-order chi connectivity index (χ0) is 5.86. The molecule has 47 valence electrons. The summed E-state index contributed by atoms with van der Waals surface area (Å²) in [5, 5.41) is 7.81. The molecule has 0 spiro atoms. The van der Waals surface area contributed by atoms with E-state index in [2.05, 4.69) is 0 Å². The minimum atomic E-state index is -1.19. The maximum Gasteiger partial charge on any atom is 1.00 e. The zero-order valence-electron chi connectivity index (χ0n) is 4.19. The molecule has 4 heteroatoms. The van der Waals surface area contributed by atoms with Crippen LogP contribution in [0.3, 0.4) is 0 Å². The van der Waals surface area contributed by atoms with E-state index in [-0.39, 0.29) is 19.5 Å².